The van der Waals surface area contributed by atoms with Crippen LogP contribution in [0.5, 0.6) is 5.75 Å². The molecule has 136 valence electrons. The van der Waals surface area contributed by atoms with Crippen LogP contribution >= 0.6 is 0 Å². The van der Waals surface area contributed by atoms with Crippen LogP contribution in [0.15, 0.2) is 66.7 Å². The van der Waals surface area contributed by atoms with Crippen molar-refractivity contribution in [2.75, 3.05) is 11.9 Å². The number of hydrogen-bond donors (Lipinski definition) is 1. The van der Waals surface area contributed by atoms with E-state index in [1.807, 2.05) is 49.4 Å². The van der Waals surface area contributed by atoms with Gasteiger partial charge in [-0.3, -0.25) is 4.79 Å². The minimum absolute atomic E-state index is 0.0143. The van der Waals surface area contributed by atoms with Gasteiger partial charge in [-0.1, -0.05) is 36.4 Å². The number of hydrogen-bond acceptors (Lipinski definition) is 2. The molecule has 1 amide bonds. The van der Waals surface area contributed by atoms with Crippen LogP contribution in [0.3, 0.4) is 0 Å². The maximum absolute atomic E-state index is 12.3. The fraction of sp³-hybridized carbons (Fsp3) is 0.174. The normalized spacial score (nSPS) is 11.0. The van der Waals surface area contributed by atoms with Crippen LogP contribution in [-0.4, -0.2) is 17.1 Å². The van der Waals surface area contributed by atoms with Crippen LogP contribution in [0, 0.1) is 6.92 Å². The third-order valence-corrected chi connectivity index (χ3v) is 4.82. The van der Waals surface area contributed by atoms with E-state index in [4.69, 9.17) is 4.74 Å². The fourth-order valence-electron chi connectivity index (χ4n) is 3.53. The highest BCUT2D eigenvalue weighted by Gasteiger charge is 2.11. The Morgan fingerprint density at radius 2 is 1.70 bits per heavy atom. The van der Waals surface area contributed by atoms with Crippen LogP contribution in [0.2, 0.25) is 0 Å². The lowest BCUT2D eigenvalue weighted by atomic mass is 10.1. The highest BCUT2D eigenvalue weighted by atomic mass is 16.5. The molecule has 1 N–H and O–H groups in total. The zero-order chi connectivity index (χ0) is 18.8. The summed E-state index contributed by atoms with van der Waals surface area (Å²) in [6.07, 6.45) is 0. The lowest BCUT2D eigenvalue weighted by molar-refractivity contribution is -0.118. The Morgan fingerprint density at radius 1 is 0.963 bits per heavy atom. The lowest BCUT2D eigenvalue weighted by Gasteiger charge is -2.10. The van der Waals surface area contributed by atoms with Gasteiger partial charge in [0.2, 0.25) is 0 Å². The second-order valence-corrected chi connectivity index (χ2v) is 6.60. The summed E-state index contributed by atoms with van der Waals surface area (Å²) in [5, 5.41) is 5.28. The number of carbonyl (C=O) groups excluding carboxylic acids is 1. The Labute approximate surface area is 158 Å². The van der Waals surface area contributed by atoms with Gasteiger partial charge in [-0.25, -0.2) is 0 Å². The van der Waals surface area contributed by atoms with Crippen molar-refractivity contribution < 1.29 is 9.53 Å². The molecule has 4 nitrogen and oxygen atoms in total. The van der Waals surface area contributed by atoms with Gasteiger partial charge in [0.25, 0.3) is 5.91 Å². The van der Waals surface area contributed by atoms with E-state index < -0.39 is 0 Å². The maximum atomic E-state index is 12.3. The van der Waals surface area contributed by atoms with Crippen LogP contribution in [0.4, 0.5) is 5.69 Å². The van der Waals surface area contributed by atoms with Crippen molar-refractivity contribution in [1.29, 1.82) is 0 Å². The first-order chi connectivity index (χ1) is 13.2. The summed E-state index contributed by atoms with van der Waals surface area (Å²) in [5.74, 6) is 0.561. The van der Waals surface area contributed by atoms with Crippen molar-refractivity contribution in [3.63, 3.8) is 0 Å². The average Bonchev–Trinajstić information content (AvgIpc) is 3.00. The van der Waals surface area contributed by atoms with E-state index in [1.54, 1.807) is 0 Å². The van der Waals surface area contributed by atoms with Gasteiger partial charge in [0, 0.05) is 34.0 Å². The molecule has 27 heavy (non-hydrogen) atoms. The van der Waals surface area contributed by atoms with Gasteiger partial charge in [0.15, 0.2) is 6.61 Å². The van der Waals surface area contributed by atoms with Gasteiger partial charge in [0.05, 0.1) is 0 Å². The smallest absolute Gasteiger partial charge is 0.262 e. The second kappa shape index (κ2) is 7.16. The molecule has 0 bridgehead atoms. The molecule has 0 radical (unpaired) electrons. The quantitative estimate of drug-likeness (QED) is 0.537. The first-order valence-electron chi connectivity index (χ1n) is 9.16. The number of para-hydroxylation sites is 2. The third-order valence-electron chi connectivity index (χ3n) is 4.82. The Morgan fingerprint density at radius 3 is 2.52 bits per heavy atom. The zero-order valence-electron chi connectivity index (χ0n) is 15.5. The molecule has 1 aromatic heterocycles. The number of benzene rings is 3. The summed E-state index contributed by atoms with van der Waals surface area (Å²) >= 11 is 0. The number of anilines is 1. The SMILES string of the molecule is CCn1c2ccccc2c2cc(NC(=O)COc3ccccc3C)ccc21. The molecule has 4 rings (SSSR count). The molecule has 1 heterocycles. The van der Waals surface area contributed by atoms with Gasteiger partial charge >= 0.3 is 0 Å². The third kappa shape index (κ3) is 3.26. The molecular weight excluding hydrogens is 336 g/mol. The van der Waals surface area contributed by atoms with E-state index in [-0.39, 0.29) is 12.5 Å². The molecular formula is C23H22N2O2. The predicted octanol–water partition coefficient (Wildman–Crippen LogP) is 5.14. The fourth-order valence-corrected chi connectivity index (χ4v) is 3.53. The Balaban J connectivity index is 1.56. The molecule has 0 saturated carbocycles. The number of carbonyl (C=O) groups is 1. The molecule has 0 aliphatic heterocycles. The predicted molar refractivity (Wildman–Crippen MR) is 110 cm³/mol. The summed E-state index contributed by atoms with van der Waals surface area (Å²) < 4.78 is 7.92. The number of nitrogens with one attached hydrogen (secondary N) is 1. The van der Waals surface area contributed by atoms with E-state index in [0.717, 1.165) is 28.9 Å². The number of aromatic nitrogens is 1. The van der Waals surface area contributed by atoms with Crippen molar-refractivity contribution in [3.05, 3.63) is 72.3 Å². The van der Waals surface area contributed by atoms with Crippen molar-refractivity contribution in [2.45, 2.75) is 20.4 Å². The molecule has 0 unspecified atom stereocenters. The first-order valence-corrected chi connectivity index (χ1v) is 9.16. The van der Waals surface area contributed by atoms with Crippen molar-refractivity contribution in [2.24, 2.45) is 0 Å². The zero-order valence-corrected chi connectivity index (χ0v) is 15.5. The van der Waals surface area contributed by atoms with E-state index in [9.17, 15) is 4.79 Å². The van der Waals surface area contributed by atoms with Crippen molar-refractivity contribution in [3.8, 4) is 5.75 Å². The topological polar surface area (TPSA) is 43.3 Å². The molecule has 0 aliphatic carbocycles. The summed E-state index contributed by atoms with van der Waals surface area (Å²) in [4.78, 5) is 12.3. The van der Waals surface area contributed by atoms with Gasteiger partial charge in [-0.2, -0.15) is 0 Å². The van der Waals surface area contributed by atoms with Crippen LogP contribution < -0.4 is 10.1 Å². The van der Waals surface area contributed by atoms with Gasteiger partial charge in [-0.15, -0.1) is 0 Å². The van der Waals surface area contributed by atoms with E-state index in [2.05, 4.69) is 41.1 Å². The van der Waals surface area contributed by atoms with Gasteiger partial charge < -0.3 is 14.6 Å². The molecule has 4 heteroatoms. The Bertz CT molecular complexity index is 1130. The largest absolute Gasteiger partial charge is 0.483 e. The van der Waals surface area contributed by atoms with E-state index >= 15 is 0 Å². The number of ether oxygens (including phenoxy) is 1. The highest BCUT2D eigenvalue weighted by Crippen LogP contribution is 2.31. The van der Waals surface area contributed by atoms with Crippen LogP contribution in [-0.2, 0) is 11.3 Å². The first kappa shape index (κ1) is 17.2. The molecule has 0 saturated heterocycles. The molecule has 0 aliphatic rings. The number of nitrogens with zero attached hydrogens (tertiary/aromatic N) is 1. The summed E-state index contributed by atoms with van der Waals surface area (Å²) in [6, 6.07) is 22.1. The number of amides is 1. The maximum Gasteiger partial charge on any atom is 0.262 e. The highest BCUT2D eigenvalue weighted by molar-refractivity contribution is 6.09. The molecule has 4 aromatic rings. The van der Waals surface area contributed by atoms with Crippen LogP contribution in [0.1, 0.15) is 12.5 Å². The summed E-state index contributed by atoms with van der Waals surface area (Å²) in [6.45, 7) is 4.99. The molecule has 3 aromatic carbocycles. The van der Waals surface area contributed by atoms with E-state index in [1.165, 1.54) is 16.4 Å². The van der Waals surface area contributed by atoms with E-state index in [0.29, 0.717) is 0 Å². The van der Waals surface area contributed by atoms with Gasteiger partial charge in [-0.05, 0) is 49.7 Å². The average molecular weight is 358 g/mol. The Hall–Kier alpha value is -3.27. The molecule has 0 spiro atoms. The van der Waals surface area contributed by atoms with Crippen molar-refractivity contribution in [1.82, 2.24) is 4.57 Å². The Kier molecular flexibility index (Phi) is 4.55. The monoisotopic (exact) mass is 358 g/mol. The molecule has 0 atom stereocenters. The van der Waals surface area contributed by atoms with Crippen LogP contribution in [0.25, 0.3) is 21.8 Å². The van der Waals surface area contributed by atoms with Gasteiger partial charge in [0.1, 0.15) is 5.75 Å². The summed E-state index contributed by atoms with van der Waals surface area (Å²) in [7, 11) is 0. The lowest BCUT2D eigenvalue weighted by Crippen LogP contribution is -2.20. The number of aryl methyl sites for hydroxylation is 2. The van der Waals surface area contributed by atoms with Crippen molar-refractivity contribution >= 4 is 33.4 Å². The molecule has 0 fully saturated rings. The second-order valence-electron chi connectivity index (χ2n) is 6.60. The number of fused-ring (bicyclic) bond motifs is 3. The number of rotatable bonds is 5. The summed E-state index contributed by atoms with van der Waals surface area (Å²) in [5.41, 5.74) is 4.17. The minimum Gasteiger partial charge on any atom is -0.483 e. The minimum atomic E-state index is -0.170. The standard InChI is InChI=1S/C23H22N2O2/c1-3-25-20-10-6-5-9-18(20)19-14-17(12-13-21(19)25)24-23(26)15-27-22-11-7-4-8-16(22)2/h4-14H,3,15H2,1-2H3,(H,24,26).